The van der Waals surface area contributed by atoms with Gasteiger partial charge in [-0.05, 0) is 38.5 Å². The molecule has 88 valence electrons. The topological polar surface area (TPSA) is 41.1 Å². The largest absolute Gasteiger partial charge is 0.374 e. The molecular formula is C12H17ClN2O. The molecule has 16 heavy (non-hydrogen) atoms. The Morgan fingerprint density at radius 1 is 1.50 bits per heavy atom. The van der Waals surface area contributed by atoms with E-state index in [1.54, 1.807) is 0 Å². The Labute approximate surface area is 101 Å². The molecule has 0 aliphatic carbocycles. The summed E-state index contributed by atoms with van der Waals surface area (Å²) in [6, 6.07) is 5.32. The van der Waals surface area contributed by atoms with Crippen LogP contribution in [0.25, 0.3) is 0 Å². The summed E-state index contributed by atoms with van der Waals surface area (Å²) in [7, 11) is 0. The molecule has 0 aromatic heterocycles. The molecule has 0 aliphatic rings. The minimum atomic E-state index is -0.267. The molecule has 1 aromatic carbocycles. The summed E-state index contributed by atoms with van der Waals surface area (Å²) in [6.45, 7) is 6.34. The van der Waals surface area contributed by atoms with Gasteiger partial charge in [-0.1, -0.05) is 17.7 Å². The minimum Gasteiger partial charge on any atom is -0.374 e. The van der Waals surface area contributed by atoms with Crippen molar-refractivity contribution in [2.24, 2.45) is 0 Å². The first-order valence-corrected chi connectivity index (χ1v) is 5.72. The first-order chi connectivity index (χ1) is 7.54. The van der Waals surface area contributed by atoms with E-state index in [4.69, 9.17) is 11.6 Å². The van der Waals surface area contributed by atoms with Crippen LogP contribution in [0.3, 0.4) is 0 Å². The van der Waals surface area contributed by atoms with Crippen LogP contribution >= 0.6 is 11.6 Å². The van der Waals surface area contributed by atoms with Gasteiger partial charge in [0.05, 0.1) is 0 Å². The van der Waals surface area contributed by atoms with Gasteiger partial charge in [0, 0.05) is 17.3 Å². The fourth-order valence-electron chi connectivity index (χ4n) is 1.38. The fourth-order valence-corrected chi connectivity index (χ4v) is 1.55. The number of amides is 1. The summed E-state index contributed by atoms with van der Waals surface area (Å²) in [5.74, 6) is -0.0122. The van der Waals surface area contributed by atoms with Crippen LogP contribution in [0.5, 0.6) is 0 Å². The molecule has 1 amide bonds. The van der Waals surface area contributed by atoms with Gasteiger partial charge in [-0.3, -0.25) is 4.79 Å². The molecule has 2 N–H and O–H groups in total. The lowest BCUT2D eigenvalue weighted by Gasteiger charge is -2.16. The van der Waals surface area contributed by atoms with Crippen LogP contribution < -0.4 is 10.6 Å². The predicted molar refractivity (Wildman–Crippen MR) is 68.0 cm³/mol. The zero-order valence-electron chi connectivity index (χ0n) is 9.80. The van der Waals surface area contributed by atoms with Crippen molar-refractivity contribution in [1.82, 2.24) is 5.32 Å². The number of halogens is 1. The van der Waals surface area contributed by atoms with Gasteiger partial charge in [-0.2, -0.15) is 0 Å². The summed E-state index contributed by atoms with van der Waals surface area (Å²) in [4.78, 5) is 11.5. The average molecular weight is 241 g/mol. The van der Waals surface area contributed by atoms with Gasteiger partial charge in [0.1, 0.15) is 6.04 Å². The molecule has 1 aromatic rings. The van der Waals surface area contributed by atoms with Crippen LogP contribution in [0.1, 0.15) is 19.4 Å². The van der Waals surface area contributed by atoms with E-state index in [9.17, 15) is 4.79 Å². The third kappa shape index (κ3) is 3.42. The lowest BCUT2D eigenvalue weighted by atomic mass is 10.2. The molecule has 1 atom stereocenters. The Balaban J connectivity index is 2.72. The van der Waals surface area contributed by atoms with Crippen molar-refractivity contribution in [3.63, 3.8) is 0 Å². The van der Waals surface area contributed by atoms with Crippen LogP contribution in [0.2, 0.25) is 5.02 Å². The van der Waals surface area contributed by atoms with Gasteiger partial charge in [0.25, 0.3) is 0 Å². The highest BCUT2D eigenvalue weighted by Gasteiger charge is 2.12. The standard InChI is InChI=1S/C12H17ClN2O/c1-4-14-12(16)9(3)15-11-7-10(13)6-5-8(11)2/h5-7,9,15H,4H2,1-3H3,(H,14,16). The maximum Gasteiger partial charge on any atom is 0.242 e. The second kappa shape index (κ2) is 5.75. The molecule has 0 saturated carbocycles. The maximum absolute atomic E-state index is 11.5. The molecule has 0 spiro atoms. The van der Waals surface area contributed by atoms with E-state index in [0.717, 1.165) is 11.3 Å². The highest BCUT2D eigenvalue weighted by Crippen LogP contribution is 2.20. The van der Waals surface area contributed by atoms with Gasteiger partial charge in [0.2, 0.25) is 5.91 Å². The summed E-state index contributed by atoms with van der Waals surface area (Å²) in [5, 5.41) is 6.57. The van der Waals surface area contributed by atoms with E-state index >= 15 is 0 Å². The number of rotatable bonds is 4. The number of hydrogen-bond donors (Lipinski definition) is 2. The molecule has 1 unspecified atom stereocenters. The molecule has 0 fully saturated rings. The van der Waals surface area contributed by atoms with E-state index in [-0.39, 0.29) is 11.9 Å². The van der Waals surface area contributed by atoms with Gasteiger partial charge in [-0.25, -0.2) is 0 Å². The van der Waals surface area contributed by atoms with Crippen LogP contribution in [-0.4, -0.2) is 18.5 Å². The van der Waals surface area contributed by atoms with E-state index < -0.39 is 0 Å². The van der Waals surface area contributed by atoms with Gasteiger partial charge in [0.15, 0.2) is 0 Å². The molecule has 0 radical (unpaired) electrons. The number of aryl methyl sites for hydroxylation is 1. The lowest BCUT2D eigenvalue weighted by molar-refractivity contribution is -0.121. The summed E-state index contributed by atoms with van der Waals surface area (Å²) in [6.07, 6.45) is 0. The third-order valence-corrected chi connectivity index (χ3v) is 2.55. The third-order valence-electron chi connectivity index (χ3n) is 2.32. The molecule has 0 bridgehead atoms. The summed E-state index contributed by atoms with van der Waals surface area (Å²) < 4.78 is 0. The summed E-state index contributed by atoms with van der Waals surface area (Å²) in [5.41, 5.74) is 1.96. The van der Waals surface area contributed by atoms with E-state index in [1.165, 1.54) is 0 Å². The molecule has 1 rings (SSSR count). The normalized spacial score (nSPS) is 12.0. The number of carbonyl (C=O) groups is 1. The average Bonchev–Trinajstić information content (AvgIpc) is 2.23. The van der Waals surface area contributed by atoms with E-state index in [0.29, 0.717) is 11.6 Å². The zero-order valence-corrected chi connectivity index (χ0v) is 10.6. The van der Waals surface area contributed by atoms with Crippen molar-refractivity contribution in [3.05, 3.63) is 28.8 Å². The molecule has 0 heterocycles. The number of nitrogens with one attached hydrogen (secondary N) is 2. The number of likely N-dealkylation sites (N-methyl/N-ethyl adjacent to an activating group) is 1. The van der Waals surface area contributed by atoms with Crippen LogP contribution in [-0.2, 0) is 4.79 Å². The Morgan fingerprint density at radius 2 is 2.19 bits per heavy atom. The smallest absolute Gasteiger partial charge is 0.242 e. The molecule has 0 aliphatic heterocycles. The monoisotopic (exact) mass is 240 g/mol. The van der Waals surface area contributed by atoms with Gasteiger partial charge >= 0.3 is 0 Å². The van der Waals surface area contributed by atoms with Gasteiger partial charge < -0.3 is 10.6 Å². The SMILES string of the molecule is CCNC(=O)C(C)Nc1cc(Cl)ccc1C. The Morgan fingerprint density at radius 3 is 2.81 bits per heavy atom. The summed E-state index contributed by atoms with van der Waals surface area (Å²) >= 11 is 5.90. The molecule has 0 saturated heterocycles. The molecule has 3 nitrogen and oxygen atoms in total. The van der Waals surface area contributed by atoms with Crippen LogP contribution in [0, 0.1) is 6.92 Å². The van der Waals surface area contributed by atoms with Crippen LogP contribution in [0.4, 0.5) is 5.69 Å². The molecule has 4 heteroatoms. The van der Waals surface area contributed by atoms with Crippen LogP contribution in [0.15, 0.2) is 18.2 Å². The minimum absolute atomic E-state index is 0.0122. The first-order valence-electron chi connectivity index (χ1n) is 5.35. The van der Waals surface area contributed by atoms with Crippen molar-refractivity contribution in [2.45, 2.75) is 26.8 Å². The Kier molecular flexibility index (Phi) is 4.62. The van der Waals surface area contributed by atoms with Crippen molar-refractivity contribution in [2.75, 3.05) is 11.9 Å². The lowest BCUT2D eigenvalue weighted by Crippen LogP contribution is -2.37. The van der Waals surface area contributed by atoms with Crippen molar-refractivity contribution in [1.29, 1.82) is 0 Å². The van der Waals surface area contributed by atoms with E-state index in [1.807, 2.05) is 39.0 Å². The number of hydrogen-bond acceptors (Lipinski definition) is 2. The van der Waals surface area contributed by atoms with E-state index in [2.05, 4.69) is 10.6 Å². The quantitative estimate of drug-likeness (QED) is 0.850. The second-order valence-electron chi connectivity index (χ2n) is 3.72. The number of benzene rings is 1. The Hall–Kier alpha value is -1.22. The molecular weight excluding hydrogens is 224 g/mol. The Bertz CT molecular complexity index is 379. The first kappa shape index (κ1) is 12.8. The second-order valence-corrected chi connectivity index (χ2v) is 4.16. The van der Waals surface area contributed by atoms with Crippen molar-refractivity contribution < 1.29 is 4.79 Å². The maximum atomic E-state index is 11.5. The highest BCUT2D eigenvalue weighted by atomic mass is 35.5. The highest BCUT2D eigenvalue weighted by molar-refractivity contribution is 6.30. The number of anilines is 1. The predicted octanol–water partition coefficient (Wildman–Crippen LogP) is 2.58. The van der Waals surface area contributed by atoms with Crippen molar-refractivity contribution in [3.8, 4) is 0 Å². The zero-order chi connectivity index (χ0) is 12.1. The van der Waals surface area contributed by atoms with Crippen molar-refractivity contribution >= 4 is 23.2 Å². The van der Waals surface area contributed by atoms with Gasteiger partial charge in [-0.15, -0.1) is 0 Å². The fraction of sp³-hybridized carbons (Fsp3) is 0.417. The number of carbonyl (C=O) groups excluding carboxylic acids is 1.